The smallest absolute Gasteiger partial charge is 0.124 e. The number of ether oxygens (including phenoxy) is 1. The average molecular weight is 312 g/mol. The highest BCUT2D eigenvalue weighted by Crippen LogP contribution is 2.72. The molecule has 2 aliphatic rings. The van der Waals surface area contributed by atoms with Crippen LogP contribution in [0.4, 0.5) is 0 Å². The van der Waals surface area contributed by atoms with E-state index in [4.69, 9.17) is 13.8 Å². The lowest BCUT2D eigenvalue weighted by atomic mass is 9.58. The van der Waals surface area contributed by atoms with Gasteiger partial charge in [-0.3, -0.25) is 0 Å². The van der Waals surface area contributed by atoms with Crippen LogP contribution in [0, 0.1) is 5.41 Å². The van der Waals surface area contributed by atoms with Crippen LogP contribution in [-0.2, 0) is 13.8 Å². The van der Waals surface area contributed by atoms with Crippen LogP contribution in [0.2, 0.25) is 0 Å². The van der Waals surface area contributed by atoms with Gasteiger partial charge in [0, 0.05) is 12.1 Å². The number of fused-ring (bicyclic) bond motifs is 1. The molecule has 2 heterocycles. The van der Waals surface area contributed by atoms with E-state index in [2.05, 4.69) is 75.5 Å². The van der Waals surface area contributed by atoms with Gasteiger partial charge in [0.25, 0.3) is 0 Å². The van der Waals surface area contributed by atoms with Gasteiger partial charge >= 0.3 is 0 Å². The van der Waals surface area contributed by atoms with Gasteiger partial charge in [-0.25, -0.2) is 0 Å². The Hall–Kier alpha value is 0.310. The Kier molecular flexibility index (Phi) is 3.73. The molecule has 0 aromatic carbocycles. The van der Waals surface area contributed by atoms with Crippen LogP contribution in [0.25, 0.3) is 0 Å². The van der Waals surface area contributed by atoms with Gasteiger partial charge in [-0.1, -0.05) is 19.5 Å². The Morgan fingerprint density at radius 3 is 1.86 bits per heavy atom. The first kappa shape index (κ1) is 17.7. The van der Waals surface area contributed by atoms with E-state index in [0.29, 0.717) is 0 Å². The SMILES string of the molecule is BBC=P1(C)OC(C)(C)[C@@]2(C)OC(C)(C)C(C)(C)[C@]2(C)O1. The second-order valence-corrected chi connectivity index (χ2v) is 11.0. The summed E-state index contributed by atoms with van der Waals surface area (Å²) in [5.41, 5.74) is 0.519. The van der Waals surface area contributed by atoms with Gasteiger partial charge in [0.1, 0.15) is 31.3 Å². The third kappa shape index (κ3) is 2.00. The zero-order valence-electron chi connectivity index (χ0n) is 15.5. The Morgan fingerprint density at radius 2 is 1.38 bits per heavy atom. The molecule has 0 bridgehead atoms. The first-order valence-corrected chi connectivity index (χ1v) is 10.1. The summed E-state index contributed by atoms with van der Waals surface area (Å²) in [7, 11) is 1.09. The fourth-order valence-corrected chi connectivity index (χ4v) is 7.19. The van der Waals surface area contributed by atoms with Gasteiger partial charge in [0.2, 0.25) is 0 Å². The summed E-state index contributed by atoms with van der Waals surface area (Å²) in [5.74, 6) is 0. The van der Waals surface area contributed by atoms with Crippen molar-refractivity contribution < 1.29 is 13.8 Å². The Bertz CT molecular complexity index is 515. The summed E-state index contributed by atoms with van der Waals surface area (Å²) in [6, 6.07) is 0. The van der Waals surface area contributed by atoms with Crippen LogP contribution in [0.1, 0.15) is 55.4 Å². The average Bonchev–Trinajstić information content (AvgIpc) is 2.33. The fraction of sp³-hybridized carbons (Fsp3) is 0.933. The molecule has 120 valence electrons. The normalized spacial score (nSPS) is 46.7. The zero-order valence-corrected chi connectivity index (χ0v) is 16.4. The lowest BCUT2D eigenvalue weighted by Crippen LogP contribution is -2.68. The van der Waals surface area contributed by atoms with Crippen molar-refractivity contribution in [2.45, 2.75) is 77.8 Å². The molecule has 0 saturated carbocycles. The lowest BCUT2D eigenvalue weighted by molar-refractivity contribution is -0.228. The van der Waals surface area contributed by atoms with Crippen LogP contribution in [-0.4, -0.2) is 49.7 Å². The van der Waals surface area contributed by atoms with Crippen molar-refractivity contribution >= 4 is 27.9 Å². The van der Waals surface area contributed by atoms with Gasteiger partial charge < -0.3 is 13.8 Å². The molecule has 0 amide bonds. The summed E-state index contributed by atoms with van der Waals surface area (Å²) < 4.78 is 19.8. The Morgan fingerprint density at radius 1 is 0.857 bits per heavy atom. The monoisotopic (exact) mass is 312 g/mol. The third-order valence-electron chi connectivity index (χ3n) is 6.50. The molecule has 0 radical (unpaired) electrons. The molecule has 6 heteroatoms. The second-order valence-electron chi connectivity index (χ2n) is 8.50. The molecule has 0 spiro atoms. The van der Waals surface area contributed by atoms with E-state index in [0.717, 1.165) is 7.17 Å². The van der Waals surface area contributed by atoms with E-state index < -0.39 is 24.1 Å². The van der Waals surface area contributed by atoms with Crippen molar-refractivity contribution in [1.29, 1.82) is 0 Å². The molecule has 2 aliphatic heterocycles. The van der Waals surface area contributed by atoms with Crippen LogP contribution < -0.4 is 0 Å². The maximum Gasteiger partial charge on any atom is 0.124 e. The van der Waals surface area contributed by atoms with Gasteiger partial charge in [-0.2, -0.15) is 0 Å². The Labute approximate surface area is 132 Å². The maximum atomic E-state index is 6.72. The molecule has 0 aromatic rings. The third-order valence-corrected chi connectivity index (χ3v) is 9.08. The van der Waals surface area contributed by atoms with E-state index in [1.54, 1.807) is 0 Å². The highest BCUT2D eigenvalue weighted by molar-refractivity contribution is 7.69. The minimum absolute atomic E-state index is 0.126. The van der Waals surface area contributed by atoms with Gasteiger partial charge in [-0.05, 0) is 41.5 Å². The molecule has 2 rings (SSSR count). The van der Waals surface area contributed by atoms with Crippen LogP contribution in [0.5, 0.6) is 0 Å². The summed E-state index contributed by atoms with van der Waals surface area (Å²) in [6.45, 7) is 19.6. The summed E-state index contributed by atoms with van der Waals surface area (Å²) >= 11 is 0. The van der Waals surface area contributed by atoms with Crippen molar-refractivity contribution in [3.8, 4) is 0 Å². The molecule has 3 nitrogen and oxygen atoms in total. The minimum atomic E-state index is -2.00. The fourth-order valence-electron chi connectivity index (χ4n) is 4.13. The largest absolute Gasteiger partial charge is 0.363 e. The zero-order chi connectivity index (χ0) is 16.5. The van der Waals surface area contributed by atoms with Crippen molar-refractivity contribution in [3.05, 3.63) is 0 Å². The maximum absolute atomic E-state index is 6.72. The molecular weight excluding hydrogens is 281 g/mol. The summed E-state index contributed by atoms with van der Waals surface area (Å²) in [4.78, 5) is 0. The highest BCUT2D eigenvalue weighted by atomic mass is 31.2. The quantitative estimate of drug-likeness (QED) is 0.550. The minimum Gasteiger partial charge on any atom is -0.363 e. The Balaban J connectivity index is 2.70. The molecule has 2 fully saturated rings. The topological polar surface area (TPSA) is 27.7 Å². The van der Waals surface area contributed by atoms with E-state index in [-0.39, 0.29) is 11.0 Å². The van der Waals surface area contributed by atoms with Gasteiger partial charge in [0.15, 0.2) is 0 Å². The number of hydrogen-bond donors (Lipinski definition) is 0. The van der Waals surface area contributed by atoms with Gasteiger partial charge in [-0.15, -0.1) is 0 Å². The van der Waals surface area contributed by atoms with Crippen molar-refractivity contribution in [2.24, 2.45) is 5.41 Å². The molecule has 3 atom stereocenters. The molecule has 1 unspecified atom stereocenters. The predicted molar refractivity (Wildman–Crippen MR) is 96.6 cm³/mol. The van der Waals surface area contributed by atoms with E-state index in [9.17, 15) is 0 Å². The first-order valence-electron chi connectivity index (χ1n) is 8.00. The lowest BCUT2D eigenvalue weighted by Gasteiger charge is -2.59. The number of hydrogen-bond acceptors (Lipinski definition) is 3. The molecule has 0 N–H and O–H groups in total. The summed E-state index contributed by atoms with van der Waals surface area (Å²) in [6.07, 6.45) is 0. The van der Waals surface area contributed by atoms with E-state index >= 15 is 0 Å². The molecule has 0 aromatic heterocycles. The highest BCUT2D eigenvalue weighted by Gasteiger charge is 2.76. The van der Waals surface area contributed by atoms with Crippen LogP contribution in [0.15, 0.2) is 0 Å². The first-order chi connectivity index (χ1) is 9.18. The van der Waals surface area contributed by atoms with Crippen molar-refractivity contribution in [1.82, 2.24) is 0 Å². The second kappa shape index (κ2) is 4.44. The van der Waals surface area contributed by atoms with Gasteiger partial charge in [0.05, 0.1) is 13.3 Å². The van der Waals surface area contributed by atoms with Crippen LogP contribution >= 0.6 is 7.34 Å². The van der Waals surface area contributed by atoms with Crippen molar-refractivity contribution in [3.63, 3.8) is 0 Å². The van der Waals surface area contributed by atoms with Crippen molar-refractivity contribution in [2.75, 3.05) is 6.66 Å². The van der Waals surface area contributed by atoms with E-state index in [1.165, 1.54) is 0 Å². The summed E-state index contributed by atoms with van der Waals surface area (Å²) in [5, 5.41) is 0. The molecular formula is C15H31B2O3P. The van der Waals surface area contributed by atoms with E-state index in [1.807, 2.05) is 0 Å². The number of rotatable bonds is 1. The molecule has 21 heavy (non-hydrogen) atoms. The molecule has 2 saturated heterocycles. The predicted octanol–water partition coefficient (Wildman–Crippen LogP) is 2.39. The molecule has 0 aliphatic carbocycles. The van der Waals surface area contributed by atoms with Crippen LogP contribution in [0.3, 0.4) is 0 Å². The standard InChI is InChI=1S/C15H31B2O3P/c1-11(2)12(3,4)18-15(8)13(5,6)19-21(9,10-17-16)20-14(11,15)7/h10,17H,16H2,1-9H3/t14-,15+,21?/m0/s1.